The maximum Gasteiger partial charge on any atom is 0.226 e. The minimum atomic E-state index is 0.0195. The highest BCUT2D eigenvalue weighted by Gasteiger charge is 2.20. The first kappa shape index (κ1) is 15.8. The van der Waals surface area contributed by atoms with Gasteiger partial charge < -0.3 is 4.90 Å². The van der Waals surface area contributed by atoms with E-state index < -0.39 is 0 Å². The van der Waals surface area contributed by atoms with Gasteiger partial charge in [-0.05, 0) is 42.8 Å². The predicted octanol–water partition coefficient (Wildman–Crippen LogP) is 4.28. The van der Waals surface area contributed by atoms with E-state index in [1.807, 2.05) is 36.9 Å². The van der Waals surface area contributed by atoms with Crippen LogP contribution in [0.4, 0.5) is 0 Å². The van der Waals surface area contributed by atoms with E-state index in [1.165, 1.54) is 16.0 Å². The van der Waals surface area contributed by atoms with Crippen LogP contribution in [0.2, 0.25) is 0 Å². The lowest BCUT2D eigenvalue weighted by atomic mass is 9.96. The van der Waals surface area contributed by atoms with Crippen molar-refractivity contribution in [3.05, 3.63) is 57.8 Å². The van der Waals surface area contributed by atoms with Crippen molar-refractivity contribution >= 4 is 17.2 Å². The second-order valence-corrected chi connectivity index (χ2v) is 6.50. The van der Waals surface area contributed by atoms with Crippen molar-refractivity contribution < 1.29 is 4.79 Å². The standard InChI is InChI=1S/C18H23NOS/c1-4-19(13-17-10-7-11-21-17)18(20)15(3)12-16-9-6-5-8-14(16)2/h5-11,15H,4,12-13H2,1-3H3. The van der Waals surface area contributed by atoms with Gasteiger partial charge in [-0.2, -0.15) is 0 Å². The largest absolute Gasteiger partial charge is 0.338 e. The topological polar surface area (TPSA) is 20.3 Å². The van der Waals surface area contributed by atoms with E-state index in [9.17, 15) is 4.79 Å². The lowest BCUT2D eigenvalue weighted by Gasteiger charge is -2.24. The molecule has 1 atom stereocenters. The Balaban J connectivity index is 2.01. The van der Waals surface area contributed by atoms with Crippen LogP contribution in [0, 0.1) is 12.8 Å². The zero-order valence-corrected chi connectivity index (χ0v) is 13.8. The normalized spacial score (nSPS) is 12.1. The number of carbonyl (C=O) groups excluding carboxylic acids is 1. The molecule has 0 spiro atoms. The Labute approximate surface area is 131 Å². The number of hydrogen-bond acceptors (Lipinski definition) is 2. The first-order chi connectivity index (χ1) is 10.1. The minimum absolute atomic E-state index is 0.0195. The second-order valence-electron chi connectivity index (χ2n) is 5.46. The average Bonchev–Trinajstić information content (AvgIpc) is 2.99. The lowest BCUT2D eigenvalue weighted by molar-refractivity contribution is -0.135. The summed E-state index contributed by atoms with van der Waals surface area (Å²) in [7, 11) is 0. The molecular weight excluding hydrogens is 278 g/mol. The van der Waals surface area contributed by atoms with Gasteiger partial charge in [0.1, 0.15) is 0 Å². The molecule has 2 rings (SSSR count). The summed E-state index contributed by atoms with van der Waals surface area (Å²) < 4.78 is 0. The molecule has 0 aliphatic heterocycles. The smallest absolute Gasteiger partial charge is 0.226 e. The number of aryl methyl sites for hydroxylation is 1. The number of thiophene rings is 1. The molecule has 0 saturated carbocycles. The molecule has 0 bridgehead atoms. The highest BCUT2D eigenvalue weighted by Crippen LogP contribution is 2.18. The fourth-order valence-electron chi connectivity index (χ4n) is 2.50. The molecule has 112 valence electrons. The molecule has 1 amide bonds. The van der Waals surface area contributed by atoms with E-state index in [2.05, 4.69) is 30.5 Å². The van der Waals surface area contributed by atoms with E-state index in [-0.39, 0.29) is 11.8 Å². The Morgan fingerprint density at radius 1 is 1.24 bits per heavy atom. The lowest BCUT2D eigenvalue weighted by Crippen LogP contribution is -2.35. The van der Waals surface area contributed by atoms with Crippen LogP contribution in [-0.2, 0) is 17.8 Å². The summed E-state index contributed by atoms with van der Waals surface area (Å²) in [5.41, 5.74) is 2.53. The molecule has 2 nitrogen and oxygen atoms in total. The van der Waals surface area contributed by atoms with Gasteiger partial charge in [0.2, 0.25) is 5.91 Å². The summed E-state index contributed by atoms with van der Waals surface area (Å²) in [6, 6.07) is 12.4. The second kappa shape index (κ2) is 7.41. The molecular formula is C18H23NOS. The predicted molar refractivity (Wildman–Crippen MR) is 89.5 cm³/mol. The van der Waals surface area contributed by atoms with Crippen LogP contribution in [0.15, 0.2) is 41.8 Å². The fourth-order valence-corrected chi connectivity index (χ4v) is 3.22. The molecule has 1 aromatic heterocycles. The summed E-state index contributed by atoms with van der Waals surface area (Å²) in [5, 5.41) is 2.06. The number of rotatable bonds is 6. The molecule has 1 unspecified atom stereocenters. The van der Waals surface area contributed by atoms with Crippen molar-refractivity contribution in [2.24, 2.45) is 5.92 Å². The third-order valence-electron chi connectivity index (χ3n) is 3.83. The molecule has 0 aliphatic rings. The highest BCUT2D eigenvalue weighted by molar-refractivity contribution is 7.09. The van der Waals surface area contributed by atoms with Crippen molar-refractivity contribution in [3.8, 4) is 0 Å². The average molecular weight is 301 g/mol. The van der Waals surface area contributed by atoms with Crippen molar-refractivity contribution in [3.63, 3.8) is 0 Å². The summed E-state index contributed by atoms with van der Waals surface area (Å²) in [6.45, 7) is 7.67. The van der Waals surface area contributed by atoms with Crippen LogP contribution in [0.3, 0.4) is 0 Å². The highest BCUT2D eigenvalue weighted by atomic mass is 32.1. The zero-order valence-electron chi connectivity index (χ0n) is 13.0. The van der Waals surface area contributed by atoms with Gasteiger partial charge in [-0.15, -0.1) is 11.3 Å². The Hall–Kier alpha value is -1.61. The minimum Gasteiger partial charge on any atom is -0.338 e. The van der Waals surface area contributed by atoms with Gasteiger partial charge in [0, 0.05) is 17.3 Å². The summed E-state index contributed by atoms with van der Waals surface area (Å²) in [4.78, 5) is 15.8. The summed E-state index contributed by atoms with van der Waals surface area (Å²) in [5.74, 6) is 0.264. The molecule has 1 aromatic carbocycles. The van der Waals surface area contributed by atoms with Crippen LogP contribution in [0.1, 0.15) is 29.9 Å². The third kappa shape index (κ3) is 4.18. The van der Waals surface area contributed by atoms with E-state index in [1.54, 1.807) is 11.3 Å². The summed E-state index contributed by atoms with van der Waals surface area (Å²) in [6.07, 6.45) is 0.812. The fraction of sp³-hybridized carbons (Fsp3) is 0.389. The van der Waals surface area contributed by atoms with Crippen LogP contribution in [0.5, 0.6) is 0 Å². The molecule has 1 heterocycles. The van der Waals surface area contributed by atoms with E-state index >= 15 is 0 Å². The number of carbonyl (C=O) groups is 1. The molecule has 0 radical (unpaired) electrons. The van der Waals surface area contributed by atoms with E-state index in [4.69, 9.17) is 0 Å². The van der Waals surface area contributed by atoms with Crippen LogP contribution >= 0.6 is 11.3 Å². The molecule has 0 N–H and O–H groups in total. The molecule has 0 fully saturated rings. The molecule has 0 saturated heterocycles. The Morgan fingerprint density at radius 2 is 2.00 bits per heavy atom. The van der Waals surface area contributed by atoms with Crippen LogP contribution < -0.4 is 0 Å². The number of benzene rings is 1. The van der Waals surface area contributed by atoms with Crippen molar-refractivity contribution in [2.45, 2.75) is 33.7 Å². The summed E-state index contributed by atoms with van der Waals surface area (Å²) >= 11 is 1.71. The molecule has 0 aliphatic carbocycles. The van der Waals surface area contributed by atoms with Gasteiger partial charge in [-0.1, -0.05) is 37.3 Å². The van der Waals surface area contributed by atoms with Crippen molar-refractivity contribution in [1.82, 2.24) is 4.90 Å². The first-order valence-electron chi connectivity index (χ1n) is 7.47. The third-order valence-corrected chi connectivity index (χ3v) is 4.69. The quantitative estimate of drug-likeness (QED) is 0.779. The van der Waals surface area contributed by atoms with Crippen LogP contribution in [0.25, 0.3) is 0 Å². The molecule has 2 aromatic rings. The number of nitrogens with zero attached hydrogens (tertiary/aromatic N) is 1. The maximum absolute atomic E-state index is 12.6. The van der Waals surface area contributed by atoms with Gasteiger partial charge in [0.15, 0.2) is 0 Å². The zero-order chi connectivity index (χ0) is 15.2. The van der Waals surface area contributed by atoms with Crippen molar-refractivity contribution in [2.75, 3.05) is 6.54 Å². The van der Waals surface area contributed by atoms with Gasteiger partial charge in [-0.25, -0.2) is 0 Å². The van der Waals surface area contributed by atoms with E-state index in [0.29, 0.717) is 0 Å². The number of amides is 1. The molecule has 3 heteroatoms. The van der Waals surface area contributed by atoms with Gasteiger partial charge in [0.05, 0.1) is 6.54 Å². The molecule has 21 heavy (non-hydrogen) atoms. The van der Waals surface area contributed by atoms with Gasteiger partial charge in [-0.3, -0.25) is 4.79 Å². The SMILES string of the molecule is CCN(Cc1cccs1)C(=O)C(C)Cc1ccccc1C. The maximum atomic E-state index is 12.6. The monoisotopic (exact) mass is 301 g/mol. The van der Waals surface area contributed by atoms with Gasteiger partial charge >= 0.3 is 0 Å². The van der Waals surface area contributed by atoms with E-state index in [0.717, 1.165) is 19.5 Å². The Bertz CT molecular complexity index is 577. The Morgan fingerprint density at radius 3 is 2.62 bits per heavy atom. The number of hydrogen-bond donors (Lipinski definition) is 0. The van der Waals surface area contributed by atoms with Crippen LogP contribution in [-0.4, -0.2) is 17.4 Å². The Kier molecular flexibility index (Phi) is 5.57. The first-order valence-corrected chi connectivity index (χ1v) is 8.35. The van der Waals surface area contributed by atoms with Gasteiger partial charge in [0.25, 0.3) is 0 Å². The van der Waals surface area contributed by atoms with Crippen molar-refractivity contribution in [1.29, 1.82) is 0 Å².